The van der Waals surface area contributed by atoms with Gasteiger partial charge in [-0.3, -0.25) is 4.79 Å². The molecule has 118 valence electrons. The zero-order valence-corrected chi connectivity index (χ0v) is 13.3. The van der Waals surface area contributed by atoms with Crippen LogP contribution in [0.4, 0.5) is 4.39 Å². The lowest BCUT2D eigenvalue weighted by Crippen LogP contribution is -2.22. The Hall–Kier alpha value is -1.62. The van der Waals surface area contributed by atoms with Gasteiger partial charge < -0.3 is 15.0 Å². The van der Waals surface area contributed by atoms with Crippen molar-refractivity contribution in [1.82, 2.24) is 10.2 Å². The minimum absolute atomic E-state index is 0.0177. The van der Waals surface area contributed by atoms with Gasteiger partial charge in [-0.2, -0.15) is 0 Å². The summed E-state index contributed by atoms with van der Waals surface area (Å²) in [6.45, 7) is 5.22. The minimum Gasteiger partial charge on any atom is -0.493 e. The van der Waals surface area contributed by atoms with E-state index < -0.39 is 0 Å². The number of ether oxygens (including phenoxy) is 1. The highest BCUT2D eigenvalue weighted by atomic mass is 19.1. The summed E-state index contributed by atoms with van der Waals surface area (Å²) >= 11 is 0. The summed E-state index contributed by atoms with van der Waals surface area (Å²) < 4.78 is 19.1. The van der Waals surface area contributed by atoms with E-state index in [1.165, 1.54) is 12.1 Å². The summed E-state index contributed by atoms with van der Waals surface area (Å²) in [6.07, 6.45) is 1.09. The molecule has 1 unspecified atom stereocenters. The minimum atomic E-state index is -0.273. The van der Waals surface area contributed by atoms with Crippen LogP contribution >= 0.6 is 0 Å². The van der Waals surface area contributed by atoms with E-state index in [1.54, 1.807) is 25.1 Å². The number of amides is 1. The summed E-state index contributed by atoms with van der Waals surface area (Å²) in [7, 11) is 3.47. The third-order valence-electron chi connectivity index (χ3n) is 3.24. The fourth-order valence-electron chi connectivity index (χ4n) is 2.03. The fourth-order valence-corrected chi connectivity index (χ4v) is 2.03. The van der Waals surface area contributed by atoms with Gasteiger partial charge in [-0.05, 0) is 38.1 Å². The van der Waals surface area contributed by atoms with Gasteiger partial charge in [-0.15, -0.1) is 0 Å². The van der Waals surface area contributed by atoms with E-state index in [4.69, 9.17) is 4.74 Å². The molecule has 0 radical (unpaired) electrons. The molecule has 21 heavy (non-hydrogen) atoms. The van der Waals surface area contributed by atoms with Gasteiger partial charge in [0.15, 0.2) is 0 Å². The highest BCUT2D eigenvalue weighted by molar-refractivity contribution is 5.75. The Morgan fingerprint density at radius 3 is 2.76 bits per heavy atom. The summed E-state index contributed by atoms with van der Waals surface area (Å²) in [6, 6.07) is 4.55. The van der Waals surface area contributed by atoms with Crippen molar-refractivity contribution in [2.45, 2.75) is 32.7 Å². The van der Waals surface area contributed by atoms with Crippen LogP contribution in [-0.4, -0.2) is 38.1 Å². The summed E-state index contributed by atoms with van der Waals surface area (Å²) in [4.78, 5) is 13.0. The molecule has 1 aromatic carbocycles. The van der Waals surface area contributed by atoms with Crippen molar-refractivity contribution in [3.8, 4) is 5.75 Å². The first-order valence-electron chi connectivity index (χ1n) is 7.31. The van der Waals surface area contributed by atoms with Gasteiger partial charge in [0, 0.05) is 32.1 Å². The number of nitrogens with one attached hydrogen (secondary N) is 1. The maximum absolute atomic E-state index is 13.4. The number of rotatable bonds is 8. The Kier molecular flexibility index (Phi) is 7.15. The molecule has 0 aliphatic rings. The first kappa shape index (κ1) is 17.4. The fraction of sp³-hybridized carbons (Fsp3) is 0.562. The van der Waals surface area contributed by atoms with Crippen LogP contribution < -0.4 is 10.1 Å². The largest absolute Gasteiger partial charge is 0.493 e. The van der Waals surface area contributed by atoms with E-state index in [0.717, 1.165) is 12.1 Å². The average Bonchev–Trinajstić information content (AvgIpc) is 2.44. The van der Waals surface area contributed by atoms with Crippen molar-refractivity contribution in [2.75, 3.05) is 27.2 Å². The maximum atomic E-state index is 13.4. The van der Waals surface area contributed by atoms with Crippen molar-refractivity contribution in [3.63, 3.8) is 0 Å². The number of hydrogen-bond donors (Lipinski definition) is 1. The first-order chi connectivity index (χ1) is 9.95. The zero-order chi connectivity index (χ0) is 15.8. The van der Waals surface area contributed by atoms with Crippen LogP contribution in [0.1, 0.15) is 38.3 Å². The van der Waals surface area contributed by atoms with Gasteiger partial charge in [0.2, 0.25) is 5.91 Å². The van der Waals surface area contributed by atoms with Crippen LogP contribution in [0.25, 0.3) is 0 Å². The third kappa shape index (κ3) is 5.71. The topological polar surface area (TPSA) is 41.6 Å². The third-order valence-corrected chi connectivity index (χ3v) is 3.24. The Morgan fingerprint density at radius 2 is 2.14 bits per heavy atom. The molecule has 1 N–H and O–H groups in total. The Morgan fingerprint density at radius 1 is 1.43 bits per heavy atom. The summed E-state index contributed by atoms with van der Waals surface area (Å²) in [5.74, 6) is 0.478. The van der Waals surface area contributed by atoms with Gasteiger partial charge in [0.25, 0.3) is 0 Å². The molecule has 0 aliphatic carbocycles. The first-order valence-corrected chi connectivity index (χ1v) is 7.31. The summed E-state index contributed by atoms with van der Waals surface area (Å²) in [5, 5.41) is 3.25. The molecule has 0 saturated heterocycles. The van der Waals surface area contributed by atoms with E-state index in [2.05, 4.69) is 5.32 Å². The van der Waals surface area contributed by atoms with Crippen LogP contribution in [0, 0.1) is 5.82 Å². The zero-order valence-electron chi connectivity index (χ0n) is 13.3. The van der Waals surface area contributed by atoms with E-state index in [-0.39, 0.29) is 17.8 Å². The van der Waals surface area contributed by atoms with Gasteiger partial charge in [0.1, 0.15) is 11.6 Å². The van der Waals surface area contributed by atoms with Crippen molar-refractivity contribution in [2.24, 2.45) is 0 Å². The molecular formula is C16H25FN2O2. The molecule has 0 spiro atoms. The van der Waals surface area contributed by atoms with Crippen LogP contribution in [0.3, 0.4) is 0 Å². The molecule has 0 saturated carbocycles. The lowest BCUT2D eigenvalue weighted by molar-refractivity contribution is -0.128. The van der Waals surface area contributed by atoms with Gasteiger partial charge in [0.05, 0.1) is 6.61 Å². The summed E-state index contributed by atoms with van der Waals surface area (Å²) in [5.41, 5.74) is 0.802. The molecule has 0 bridgehead atoms. The van der Waals surface area contributed by atoms with E-state index in [9.17, 15) is 9.18 Å². The second kappa shape index (κ2) is 8.62. The smallest absolute Gasteiger partial charge is 0.222 e. The molecule has 1 atom stereocenters. The van der Waals surface area contributed by atoms with E-state index in [0.29, 0.717) is 25.2 Å². The molecule has 0 aromatic heterocycles. The quantitative estimate of drug-likeness (QED) is 0.750. The predicted octanol–water partition coefficient (Wildman–Crippen LogP) is 2.74. The second-order valence-electron chi connectivity index (χ2n) is 5.20. The molecule has 4 nitrogen and oxygen atoms in total. The van der Waals surface area contributed by atoms with Crippen molar-refractivity contribution >= 4 is 5.91 Å². The normalized spacial score (nSPS) is 12.0. The van der Waals surface area contributed by atoms with E-state index >= 15 is 0 Å². The van der Waals surface area contributed by atoms with Crippen molar-refractivity contribution in [1.29, 1.82) is 0 Å². The van der Waals surface area contributed by atoms with E-state index in [1.807, 2.05) is 13.8 Å². The highest BCUT2D eigenvalue weighted by Crippen LogP contribution is 2.26. The SMILES string of the molecule is CCNC(C)c1cc(F)ccc1OCCCC(=O)N(C)C. The molecule has 1 amide bonds. The van der Waals surface area contributed by atoms with Crippen molar-refractivity contribution < 1.29 is 13.9 Å². The van der Waals surface area contributed by atoms with Gasteiger partial charge >= 0.3 is 0 Å². The van der Waals surface area contributed by atoms with Gasteiger partial charge in [-0.25, -0.2) is 4.39 Å². The van der Waals surface area contributed by atoms with Gasteiger partial charge in [-0.1, -0.05) is 6.92 Å². The standard InChI is InChI=1S/C16H25FN2O2/c1-5-18-12(2)14-11-13(17)8-9-15(14)21-10-6-7-16(20)19(3)4/h8-9,11-12,18H,5-7,10H2,1-4H3. The molecular weight excluding hydrogens is 271 g/mol. The number of benzene rings is 1. The molecule has 0 fully saturated rings. The molecule has 0 heterocycles. The van der Waals surface area contributed by atoms with Crippen LogP contribution in [0.15, 0.2) is 18.2 Å². The lowest BCUT2D eigenvalue weighted by Gasteiger charge is -2.18. The number of carbonyl (C=O) groups excluding carboxylic acids is 1. The average molecular weight is 296 g/mol. The van der Waals surface area contributed by atoms with Crippen LogP contribution in [-0.2, 0) is 4.79 Å². The maximum Gasteiger partial charge on any atom is 0.222 e. The van der Waals surface area contributed by atoms with Crippen LogP contribution in [0.2, 0.25) is 0 Å². The number of hydrogen-bond acceptors (Lipinski definition) is 3. The Labute approximate surface area is 126 Å². The highest BCUT2D eigenvalue weighted by Gasteiger charge is 2.12. The number of nitrogens with zero attached hydrogens (tertiary/aromatic N) is 1. The molecule has 0 aliphatic heterocycles. The predicted molar refractivity (Wildman–Crippen MR) is 81.9 cm³/mol. The Bertz CT molecular complexity index is 464. The lowest BCUT2D eigenvalue weighted by atomic mass is 10.1. The Balaban J connectivity index is 2.60. The molecule has 1 rings (SSSR count). The number of halogens is 1. The van der Waals surface area contributed by atoms with Crippen molar-refractivity contribution in [3.05, 3.63) is 29.6 Å². The van der Waals surface area contributed by atoms with Crippen LogP contribution in [0.5, 0.6) is 5.75 Å². The molecule has 5 heteroatoms. The monoisotopic (exact) mass is 296 g/mol. The molecule has 1 aromatic rings. The number of carbonyl (C=O) groups is 1. The second-order valence-corrected chi connectivity index (χ2v) is 5.20.